The highest BCUT2D eigenvalue weighted by molar-refractivity contribution is 5.20. The normalized spacial score (nSPS) is 10.5. The molecule has 4 heteroatoms. The van der Waals surface area contributed by atoms with Crippen LogP contribution in [0.2, 0.25) is 0 Å². The number of oxazole rings is 1. The van der Waals surface area contributed by atoms with Crippen molar-refractivity contribution in [1.29, 1.82) is 0 Å². The van der Waals surface area contributed by atoms with Crippen LogP contribution >= 0.6 is 0 Å². The third-order valence-electron chi connectivity index (χ3n) is 2.14. The van der Waals surface area contributed by atoms with Crippen LogP contribution in [0.3, 0.4) is 0 Å². The zero-order valence-corrected chi connectivity index (χ0v) is 8.11. The van der Waals surface area contributed by atoms with Crippen molar-refractivity contribution in [2.75, 3.05) is 5.73 Å². The van der Waals surface area contributed by atoms with Crippen LogP contribution in [-0.4, -0.2) is 4.98 Å². The molecule has 15 heavy (non-hydrogen) atoms. The Morgan fingerprint density at radius 2 is 2.07 bits per heavy atom. The number of benzene rings is 1. The van der Waals surface area contributed by atoms with Crippen LogP contribution in [0.25, 0.3) is 0 Å². The van der Waals surface area contributed by atoms with Gasteiger partial charge in [-0.25, -0.2) is 9.37 Å². The summed E-state index contributed by atoms with van der Waals surface area (Å²) in [7, 11) is 0. The maximum atomic E-state index is 13.2. The minimum absolute atomic E-state index is 0.197. The molecule has 0 aliphatic heterocycles. The number of aromatic nitrogens is 1. The Hall–Kier alpha value is -1.84. The summed E-state index contributed by atoms with van der Waals surface area (Å²) in [5.74, 6) is 0.631. The molecule has 0 amide bonds. The quantitative estimate of drug-likeness (QED) is 0.837. The molecule has 3 nitrogen and oxygen atoms in total. The van der Waals surface area contributed by atoms with E-state index in [2.05, 4.69) is 4.98 Å². The molecule has 0 spiro atoms. The molecule has 1 heterocycles. The Kier molecular flexibility index (Phi) is 2.67. The fourth-order valence-corrected chi connectivity index (χ4v) is 1.38. The van der Waals surface area contributed by atoms with Crippen molar-refractivity contribution in [1.82, 2.24) is 4.98 Å². The molecule has 0 bridgehead atoms. The molecule has 0 saturated heterocycles. The fourth-order valence-electron chi connectivity index (χ4n) is 1.38. The summed E-state index contributed by atoms with van der Waals surface area (Å²) < 4.78 is 18.3. The molecule has 0 aliphatic carbocycles. The third kappa shape index (κ3) is 2.34. The molecule has 1 aromatic heterocycles. The van der Waals surface area contributed by atoms with Gasteiger partial charge in [-0.15, -0.1) is 0 Å². The van der Waals surface area contributed by atoms with E-state index in [4.69, 9.17) is 10.2 Å². The van der Waals surface area contributed by atoms with E-state index in [0.29, 0.717) is 30.2 Å². The lowest BCUT2D eigenvalue weighted by Crippen LogP contribution is -1.94. The molecular weight excluding hydrogens is 195 g/mol. The number of nitrogens with zero attached hydrogens (tertiary/aromatic N) is 1. The highest BCUT2D eigenvalue weighted by Crippen LogP contribution is 2.11. The molecular formula is C11H11FN2O. The Morgan fingerprint density at radius 1 is 1.27 bits per heavy atom. The van der Waals surface area contributed by atoms with Crippen molar-refractivity contribution in [3.8, 4) is 0 Å². The number of hydrogen-bond acceptors (Lipinski definition) is 3. The van der Waals surface area contributed by atoms with Crippen molar-refractivity contribution >= 4 is 5.88 Å². The molecule has 0 unspecified atom stereocenters. The van der Waals surface area contributed by atoms with Crippen LogP contribution in [0.4, 0.5) is 10.3 Å². The molecule has 0 atom stereocenters. The van der Waals surface area contributed by atoms with Gasteiger partial charge in [-0.2, -0.15) is 0 Å². The molecule has 2 aromatic rings. The lowest BCUT2D eigenvalue weighted by molar-refractivity contribution is 0.506. The topological polar surface area (TPSA) is 52.0 Å². The molecule has 2 rings (SSSR count). The molecule has 0 aliphatic rings. The van der Waals surface area contributed by atoms with Crippen LogP contribution in [0, 0.1) is 5.82 Å². The molecule has 0 fully saturated rings. The average Bonchev–Trinajstić information content (AvgIpc) is 2.63. The summed E-state index contributed by atoms with van der Waals surface area (Å²) in [5.41, 5.74) is 6.04. The Balaban J connectivity index is 2.02. The molecule has 78 valence electrons. The van der Waals surface area contributed by atoms with E-state index in [0.717, 1.165) is 0 Å². The van der Waals surface area contributed by atoms with E-state index in [1.54, 1.807) is 12.1 Å². The second kappa shape index (κ2) is 4.13. The Morgan fingerprint density at radius 3 is 2.73 bits per heavy atom. The van der Waals surface area contributed by atoms with Gasteiger partial charge in [-0.05, 0) is 18.1 Å². The summed E-state index contributed by atoms with van der Waals surface area (Å²) in [4.78, 5) is 3.95. The number of nitrogen functional groups attached to an aromatic ring is 1. The first kappa shape index (κ1) is 9.71. The largest absolute Gasteiger partial charge is 0.426 e. The number of rotatable bonds is 3. The lowest BCUT2D eigenvalue weighted by Gasteiger charge is -1.99. The fraction of sp³-hybridized carbons (Fsp3) is 0.182. The minimum Gasteiger partial charge on any atom is -0.426 e. The zero-order valence-electron chi connectivity index (χ0n) is 8.11. The van der Waals surface area contributed by atoms with E-state index >= 15 is 0 Å². The first-order valence-corrected chi connectivity index (χ1v) is 4.69. The lowest BCUT2D eigenvalue weighted by atomic mass is 10.1. The van der Waals surface area contributed by atoms with Crippen LogP contribution in [0.5, 0.6) is 0 Å². The average molecular weight is 206 g/mol. The van der Waals surface area contributed by atoms with E-state index in [1.807, 2.05) is 6.07 Å². The van der Waals surface area contributed by atoms with Gasteiger partial charge in [0, 0.05) is 6.42 Å². The van der Waals surface area contributed by atoms with Crippen molar-refractivity contribution in [2.45, 2.75) is 12.8 Å². The summed E-state index contributed by atoms with van der Waals surface area (Å²) >= 11 is 0. The van der Waals surface area contributed by atoms with Gasteiger partial charge in [0.05, 0.1) is 6.20 Å². The van der Waals surface area contributed by atoms with Crippen molar-refractivity contribution in [2.24, 2.45) is 0 Å². The minimum atomic E-state index is -0.197. The van der Waals surface area contributed by atoms with E-state index < -0.39 is 0 Å². The smallest absolute Gasteiger partial charge is 0.211 e. The van der Waals surface area contributed by atoms with Gasteiger partial charge >= 0.3 is 0 Å². The highest BCUT2D eigenvalue weighted by Gasteiger charge is 2.04. The monoisotopic (exact) mass is 206 g/mol. The van der Waals surface area contributed by atoms with E-state index in [-0.39, 0.29) is 5.82 Å². The van der Waals surface area contributed by atoms with Crippen molar-refractivity contribution in [3.63, 3.8) is 0 Å². The summed E-state index contributed by atoms with van der Waals surface area (Å²) in [5, 5.41) is 0. The Bertz CT molecular complexity index is 453. The number of nitrogens with two attached hydrogens (primary N) is 1. The molecule has 1 aromatic carbocycles. The van der Waals surface area contributed by atoms with E-state index in [9.17, 15) is 4.39 Å². The number of aryl methyl sites for hydroxylation is 2. The first-order chi connectivity index (χ1) is 7.25. The van der Waals surface area contributed by atoms with Crippen LogP contribution in [-0.2, 0) is 12.8 Å². The molecule has 0 saturated carbocycles. The predicted octanol–water partition coefficient (Wildman–Crippen LogP) is 2.18. The van der Waals surface area contributed by atoms with Gasteiger partial charge < -0.3 is 10.2 Å². The Labute approximate surface area is 86.7 Å². The van der Waals surface area contributed by atoms with Crippen molar-refractivity contribution in [3.05, 3.63) is 47.7 Å². The second-order valence-corrected chi connectivity index (χ2v) is 3.25. The zero-order chi connectivity index (χ0) is 10.7. The van der Waals surface area contributed by atoms with Gasteiger partial charge in [0.1, 0.15) is 5.82 Å². The van der Waals surface area contributed by atoms with Gasteiger partial charge in [0.2, 0.25) is 5.88 Å². The van der Waals surface area contributed by atoms with Gasteiger partial charge in [0.15, 0.2) is 5.89 Å². The van der Waals surface area contributed by atoms with Crippen LogP contribution in [0.1, 0.15) is 11.5 Å². The predicted molar refractivity (Wildman–Crippen MR) is 54.7 cm³/mol. The maximum absolute atomic E-state index is 13.2. The van der Waals surface area contributed by atoms with Gasteiger partial charge in [-0.1, -0.05) is 18.2 Å². The van der Waals surface area contributed by atoms with Crippen LogP contribution < -0.4 is 5.73 Å². The summed E-state index contributed by atoms with van der Waals surface area (Å²) in [6, 6.07) is 6.67. The van der Waals surface area contributed by atoms with Crippen molar-refractivity contribution < 1.29 is 8.81 Å². The summed E-state index contributed by atoms with van der Waals surface area (Å²) in [6.45, 7) is 0. The third-order valence-corrected chi connectivity index (χ3v) is 2.14. The van der Waals surface area contributed by atoms with Gasteiger partial charge in [0.25, 0.3) is 0 Å². The highest BCUT2D eigenvalue weighted by atomic mass is 19.1. The number of anilines is 1. The standard InChI is InChI=1S/C11H11FN2O/c12-9-4-2-1-3-8(9)5-6-11-14-7-10(13)15-11/h1-4,7H,5-6,13H2. The van der Waals surface area contributed by atoms with E-state index in [1.165, 1.54) is 12.3 Å². The SMILES string of the molecule is Nc1cnc(CCc2ccccc2F)o1. The second-order valence-electron chi connectivity index (χ2n) is 3.25. The number of hydrogen-bond donors (Lipinski definition) is 1. The molecule has 0 radical (unpaired) electrons. The van der Waals surface area contributed by atoms with Crippen LogP contribution in [0.15, 0.2) is 34.9 Å². The number of halogens is 1. The molecule has 2 N–H and O–H groups in total. The van der Waals surface area contributed by atoms with Gasteiger partial charge in [-0.3, -0.25) is 0 Å². The first-order valence-electron chi connectivity index (χ1n) is 4.69. The maximum Gasteiger partial charge on any atom is 0.211 e. The summed E-state index contributed by atoms with van der Waals surface area (Å²) in [6.07, 6.45) is 2.57.